The highest BCUT2D eigenvalue weighted by atomic mass is 35.5. The second-order valence-corrected chi connectivity index (χ2v) is 6.01. The van der Waals surface area contributed by atoms with E-state index in [0.29, 0.717) is 42.5 Å². The molecule has 0 aromatic heterocycles. The number of rotatable bonds is 2. The maximum absolute atomic E-state index is 12.6. The van der Waals surface area contributed by atoms with Crippen LogP contribution in [0.3, 0.4) is 0 Å². The van der Waals surface area contributed by atoms with Crippen molar-refractivity contribution < 1.29 is 14.6 Å². The number of morpholine rings is 1. The zero-order valence-electron chi connectivity index (χ0n) is 12.9. The van der Waals surface area contributed by atoms with Crippen LogP contribution in [0.2, 0.25) is 5.02 Å². The van der Waals surface area contributed by atoms with E-state index >= 15 is 0 Å². The lowest BCUT2D eigenvalue weighted by Crippen LogP contribution is -2.40. The van der Waals surface area contributed by atoms with Crippen molar-refractivity contribution in [2.75, 3.05) is 26.3 Å². The highest BCUT2D eigenvalue weighted by Gasteiger charge is 2.19. The van der Waals surface area contributed by atoms with Crippen LogP contribution in [0.15, 0.2) is 36.4 Å². The van der Waals surface area contributed by atoms with E-state index in [9.17, 15) is 9.90 Å². The van der Waals surface area contributed by atoms with Gasteiger partial charge in [-0.15, -0.1) is 0 Å². The number of amides is 1. The summed E-state index contributed by atoms with van der Waals surface area (Å²) in [6, 6.07) is 10.6. The average molecular weight is 332 g/mol. The monoisotopic (exact) mass is 331 g/mol. The Morgan fingerprint density at radius 1 is 1.22 bits per heavy atom. The summed E-state index contributed by atoms with van der Waals surface area (Å²) >= 11 is 6.16. The molecule has 1 fully saturated rings. The van der Waals surface area contributed by atoms with Crippen LogP contribution in [-0.2, 0) is 4.74 Å². The molecule has 5 heteroatoms. The summed E-state index contributed by atoms with van der Waals surface area (Å²) < 4.78 is 5.28. The van der Waals surface area contributed by atoms with Crippen LogP contribution >= 0.6 is 11.6 Å². The molecule has 1 saturated heterocycles. The molecular formula is C18H18ClNO3. The van der Waals surface area contributed by atoms with Gasteiger partial charge in [0.15, 0.2) is 0 Å². The number of hydrogen-bond acceptors (Lipinski definition) is 3. The number of aryl methyl sites for hydroxylation is 1. The number of benzene rings is 2. The van der Waals surface area contributed by atoms with Crippen molar-refractivity contribution in [1.82, 2.24) is 4.90 Å². The molecule has 0 saturated carbocycles. The molecule has 0 bridgehead atoms. The van der Waals surface area contributed by atoms with Crippen molar-refractivity contribution >= 4 is 17.5 Å². The number of carbonyl (C=O) groups is 1. The van der Waals surface area contributed by atoms with Gasteiger partial charge in [-0.2, -0.15) is 0 Å². The van der Waals surface area contributed by atoms with E-state index in [0.717, 1.165) is 11.1 Å². The van der Waals surface area contributed by atoms with Crippen LogP contribution in [-0.4, -0.2) is 42.2 Å². The van der Waals surface area contributed by atoms with Gasteiger partial charge in [-0.1, -0.05) is 23.7 Å². The van der Waals surface area contributed by atoms with Crippen LogP contribution in [0, 0.1) is 6.92 Å². The Hall–Kier alpha value is -2.04. The number of aromatic hydroxyl groups is 1. The molecule has 0 spiro atoms. The van der Waals surface area contributed by atoms with E-state index < -0.39 is 0 Å². The van der Waals surface area contributed by atoms with E-state index in [1.54, 1.807) is 29.2 Å². The first kappa shape index (κ1) is 15.8. The zero-order chi connectivity index (χ0) is 16.4. The number of phenolic OH excluding ortho intramolecular Hbond substituents is 1. The maximum Gasteiger partial charge on any atom is 0.254 e. The Balaban J connectivity index is 1.94. The van der Waals surface area contributed by atoms with Crippen molar-refractivity contribution in [1.29, 1.82) is 0 Å². The predicted octanol–water partition coefficient (Wildman–Crippen LogP) is 3.49. The van der Waals surface area contributed by atoms with Gasteiger partial charge in [-0.3, -0.25) is 4.79 Å². The van der Waals surface area contributed by atoms with E-state index in [1.807, 2.05) is 19.1 Å². The third kappa shape index (κ3) is 3.33. The fraction of sp³-hybridized carbons (Fsp3) is 0.278. The summed E-state index contributed by atoms with van der Waals surface area (Å²) in [6.45, 7) is 4.18. The SMILES string of the molecule is Cc1cc(O)c(-c2cccc(C(=O)N3CCOCC3)c2)cc1Cl. The second kappa shape index (κ2) is 6.60. The molecule has 2 aromatic rings. The summed E-state index contributed by atoms with van der Waals surface area (Å²) in [4.78, 5) is 14.4. The van der Waals surface area contributed by atoms with Gasteiger partial charge in [0.25, 0.3) is 5.91 Å². The first-order valence-electron chi connectivity index (χ1n) is 7.53. The lowest BCUT2D eigenvalue weighted by molar-refractivity contribution is 0.0303. The molecule has 0 aliphatic carbocycles. The number of phenols is 1. The minimum absolute atomic E-state index is 0.0205. The maximum atomic E-state index is 12.6. The minimum atomic E-state index is -0.0205. The van der Waals surface area contributed by atoms with Gasteiger partial charge in [0, 0.05) is 29.2 Å². The van der Waals surface area contributed by atoms with Gasteiger partial charge >= 0.3 is 0 Å². The van der Waals surface area contributed by atoms with Crippen LogP contribution < -0.4 is 0 Å². The third-order valence-electron chi connectivity index (χ3n) is 4.00. The Bertz CT molecular complexity index is 739. The summed E-state index contributed by atoms with van der Waals surface area (Å²) in [6.07, 6.45) is 0. The topological polar surface area (TPSA) is 49.8 Å². The van der Waals surface area contributed by atoms with Gasteiger partial charge < -0.3 is 14.7 Å². The number of nitrogens with zero attached hydrogens (tertiary/aromatic N) is 1. The Labute approximate surface area is 140 Å². The minimum Gasteiger partial charge on any atom is -0.507 e. The Morgan fingerprint density at radius 2 is 1.96 bits per heavy atom. The summed E-state index contributed by atoms with van der Waals surface area (Å²) in [5, 5.41) is 10.8. The van der Waals surface area contributed by atoms with Crippen molar-refractivity contribution in [3.05, 3.63) is 52.5 Å². The van der Waals surface area contributed by atoms with Gasteiger partial charge in [0.2, 0.25) is 0 Å². The Kier molecular flexibility index (Phi) is 4.55. The normalized spacial score (nSPS) is 14.8. The number of hydrogen-bond donors (Lipinski definition) is 1. The first-order valence-corrected chi connectivity index (χ1v) is 7.90. The van der Waals surface area contributed by atoms with Crippen LogP contribution in [0.1, 0.15) is 15.9 Å². The smallest absolute Gasteiger partial charge is 0.254 e. The van der Waals surface area contributed by atoms with Crippen molar-refractivity contribution in [3.63, 3.8) is 0 Å². The van der Waals surface area contributed by atoms with E-state index in [-0.39, 0.29) is 11.7 Å². The summed E-state index contributed by atoms with van der Waals surface area (Å²) in [5.74, 6) is 0.135. The third-order valence-corrected chi connectivity index (χ3v) is 4.40. The quantitative estimate of drug-likeness (QED) is 0.916. The number of halogens is 1. The molecule has 4 nitrogen and oxygen atoms in total. The molecule has 3 rings (SSSR count). The van der Waals surface area contributed by atoms with Gasteiger partial charge in [0.05, 0.1) is 13.2 Å². The number of carbonyl (C=O) groups excluding carboxylic acids is 1. The van der Waals surface area contributed by atoms with Crippen LogP contribution in [0.4, 0.5) is 0 Å². The molecule has 1 amide bonds. The highest BCUT2D eigenvalue weighted by Crippen LogP contribution is 2.34. The molecule has 1 aliphatic heterocycles. The molecule has 120 valence electrons. The largest absolute Gasteiger partial charge is 0.507 e. The molecule has 0 atom stereocenters. The lowest BCUT2D eigenvalue weighted by Gasteiger charge is -2.27. The molecule has 0 unspecified atom stereocenters. The van der Waals surface area contributed by atoms with Crippen LogP contribution in [0.5, 0.6) is 5.75 Å². The summed E-state index contributed by atoms with van der Waals surface area (Å²) in [7, 11) is 0. The average Bonchev–Trinajstić information content (AvgIpc) is 2.58. The highest BCUT2D eigenvalue weighted by molar-refractivity contribution is 6.31. The van der Waals surface area contributed by atoms with Crippen molar-refractivity contribution in [2.24, 2.45) is 0 Å². The van der Waals surface area contributed by atoms with Crippen molar-refractivity contribution in [3.8, 4) is 16.9 Å². The standard InChI is InChI=1S/C18H18ClNO3/c1-12-9-17(21)15(11-16(12)19)13-3-2-4-14(10-13)18(22)20-5-7-23-8-6-20/h2-4,9-11,21H,5-8H2,1H3. The summed E-state index contributed by atoms with van der Waals surface area (Å²) in [5.41, 5.74) is 2.80. The zero-order valence-corrected chi connectivity index (χ0v) is 13.6. The molecule has 0 radical (unpaired) electrons. The first-order chi connectivity index (χ1) is 11.1. The fourth-order valence-electron chi connectivity index (χ4n) is 2.67. The van der Waals surface area contributed by atoms with E-state index in [1.165, 1.54) is 0 Å². The van der Waals surface area contributed by atoms with E-state index in [4.69, 9.17) is 16.3 Å². The molecule has 2 aromatic carbocycles. The van der Waals surface area contributed by atoms with Crippen molar-refractivity contribution in [2.45, 2.75) is 6.92 Å². The molecule has 1 N–H and O–H groups in total. The molecule has 1 aliphatic rings. The second-order valence-electron chi connectivity index (χ2n) is 5.60. The van der Waals surface area contributed by atoms with Gasteiger partial charge in [0.1, 0.15) is 5.75 Å². The molecular weight excluding hydrogens is 314 g/mol. The predicted molar refractivity (Wildman–Crippen MR) is 90.0 cm³/mol. The number of ether oxygens (including phenoxy) is 1. The molecule has 23 heavy (non-hydrogen) atoms. The van der Waals surface area contributed by atoms with Gasteiger partial charge in [-0.25, -0.2) is 0 Å². The van der Waals surface area contributed by atoms with Crippen LogP contribution in [0.25, 0.3) is 11.1 Å². The molecule has 1 heterocycles. The Morgan fingerprint density at radius 3 is 2.70 bits per heavy atom. The fourth-order valence-corrected chi connectivity index (χ4v) is 2.83. The van der Waals surface area contributed by atoms with Gasteiger partial charge in [-0.05, 0) is 42.3 Å². The van der Waals surface area contributed by atoms with E-state index in [2.05, 4.69) is 0 Å². The lowest BCUT2D eigenvalue weighted by atomic mass is 10.0.